The standard InChI is InChI=1S/C19H22N4O9/c24-14(10-23(7-6-16(26)27)15(25)9-20-18(23)30)21-13(8-17(28)29)22-19(31)32-11-12-4-2-1-3-5-12/h1-5,13H,6-11H2,(H4-,20,21,22,24,26,27,28,29,30,31). The van der Waals surface area contributed by atoms with Gasteiger partial charge < -0.3 is 30.4 Å². The van der Waals surface area contributed by atoms with Crippen LogP contribution in [0, 0.1) is 0 Å². The van der Waals surface area contributed by atoms with Crippen molar-refractivity contribution >= 4 is 35.9 Å². The van der Waals surface area contributed by atoms with Crippen LogP contribution >= 0.6 is 0 Å². The molecule has 0 bridgehead atoms. The molecule has 0 radical (unpaired) electrons. The molecule has 1 aromatic carbocycles. The molecule has 0 aromatic heterocycles. The Morgan fingerprint density at radius 1 is 1.16 bits per heavy atom. The lowest BCUT2D eigenvalue weighted by Crippen LogP contribution is -2.61. The van der Waals surface area contributed by atoms with Gasteiger partial charge in [-0.25, -0.2) is 14.4 Å². The van der Waals surface area contributed by atoms with Crippen molar-refractivity contribution < 1.29 is 48.2 Å². The molecule has 1 aliphatic rings. The molecule has 2 rings (SSSR count). The van der Waals surface area contributed by atoms with Crippen molar-refractivity contribution in [1.29, 1.82) is 0 Å². The van der Waals surface area contributed by atoms with Gasteiger partial charge in [-0.3, -0.25) is 14.9 Å². The van der Waals surface area contributed by atoms with E-state index in [1.54, 1.807) is 30.3 Å². The van der Waals surface area contributed by atoms with Crippen molar-refractivity contribution in [3.8, 4) is 0 Å². The zero-order valence-electron chi connectivity index (χ0n) is 16.9. The predicted octanol–water partition coefficient (Wildman–Crippen LogP) is -1.96. The van der Waals surface area contributed by atoms with Crippen molar-refractivity contribution in [1.82, 2.24) is 16.0 Å². The van der Waals surface area contributed by atoms with E-state index in [4.69, 9.17) is 9.84 Å². The summed E-state index contributed by atoms with van der Waals surface area (Å²) in [5.74, 6) is -4.54. The summed E-state index contributed by atoms with van der Waals surface area (Å²) in [5.41, 5.74) is 0.673. The van der Waals surface area contributed by atoms with Crippen LogP contribution in [0.3, 0.4) is 0 Å². The van der Waals surface area contributed by atoms with Gasteiger partial charge in [-0.1, -0.05) is 30.3 Å². The number of carbonyl (C=O) groups excluding carboxylic acids is 5. The summed E-state index contributed by atoms with van der Waals surface area (Å²) in [4.78, 5) is 70.8. The molecule has 13 nitrogen and oxygen atoms in total. The highest BCUT2D eigenvalue weighted by atomic mass is 16.5. The fourth-order valence-corrected chi connectivity index (χ4v) is 3.02. The molecule has 1 heterocycles. The van der Waals surface area contributed by atoms with Crippen LogP contribution in [0.1, 0.15) is 18.4 Å². The highest BCUT2D eigenvalue weighted by Crippen LogP contribution is 2.15. The lowest BCUT2D eigenvalue weighted by atomic mass is 10.2. The molecule has 0 saturated carbocycles. The Bertz CT molecular complexity index is 887. The molecule has 0 aliphatic carbocycles. The number of imide groups is 1. The number of ether oxygens (including phenoxy) is 1. The fourth-order valence-electron chi connectivity index (χ4n) is 3.02. The molecular formula is C19H22N4O9. The third-order valence-electron chi connectivity index (χ3n) is 4.59. The molecular weight excluding hydrogens is 428 g/mol. The summed E-state index contributed by atoms with van der Waals surface area (Å²) in [7, 11) is 0. The minimum absolute atomic E-state index is 0.109. The molecule has 5 amide bonds. The van der Waals surface area contributed by atoms with Gasteiger partial charge in [-0.15, -0.1) is 0 Å². The van der Waals surface area contributed by atoms with E-state index in [1.807, 2.05) is 0 Å². The quantitative estimate of drug-likeness (QED) is 0.168. The second kappa shape index (κ2) is 10.9. The number of nitrogens with one attached hydrogen (secondary N) is 3. The number of alkyl carbamates (subject to hydrolysis) is 1. The number of carboxylic acids is 2. The van der Waals surface area contributed by atoms with E-state index in [1.165, 1.54) is 0 Å². The van der Waals surface area contributed by atoms with E-state index in [0.29, 0.717) is 5.56 Å². The Kier molecular flexibility index (Phi) is 8.24. The minimum atomic E-state index is -1.59. The Balaban J connectivity index is 2.01. The SMILES string of the molecule is O=C([O-])CC(NC(=O)C[N+]1(CCC(=O)O)C(=O)CNC1=O)NC(=O)OCc1ccccc1. The first-order valence-electron chi connectivity index (χ1n) is 9.49. The molecule has 1 aliphatic heterocycles. The molecule has 2 atom stereocenters. The number of benzene rings is 1. The first-order valence-corrected chi connectivity index (χ1v) is 9.49. The number of nitrogens with zero attached hydrogens (tertiary/aromatic N) is 1. The minimum Gasteiger partial charge on any atom is -0.550 e. The van der Waals surface area contributed by atoms with Crippen LogP contribution in [-0.2, 0) is 30.5 Å². The van der Waals surface area contributed by atoms with E-state index < -0.39 is 72.5 Å². The van der Waals surface area contributed by atoms with Crippen LogP contribution < -0.4 is 21.1 Å². The van der Waals surface area contributed by atoms with Gasteiger partial charge in [0.05, 0.1) is 6.42 Å². The van der Waals surface area contributed by atoms with Crippen LogP contribution in [-0.4, -0.2) is 71.3 Å². The Labute approximate surface area is 181 Å². The van der Waals surface area contributed by atoms with Gasteiger partial charge in [0, 0.05) is 12.4 Å². The van der Waals surface area contributed by atoms with E-state index >= 15 is 0 Å². The summed E-state index contributed by atoms with van der Waals surface area (Å²) in [5, 5.41) is 26.5. The van der Waals surface area contributed by atoms with Gasteiger partial charge >= 0.3 is 24.0 Å². The smallest absolute Gasteiger partial charge is 0.425 e. The van der Waals surface area contributed by atoms with Crippen LogP contribution in [0.2, 0.25) is 0 Å². The largest absolute Gasteiger partial charge is 0.550 e. The summed E-state index contributed by atoms with van der Waals surface area (Å²) in [6.07, 6.45) is -3.86. The maximum Gasteiger partial charge on any atom is 0.425 e. The van der Waals surface area contributed by atoms with Crippen molar-refractivity contribution in [2.75, 3.05) is 19.6 Å². The van der Waals surface area contributed by atoms with Gasteiger partial charge in [0.1, 0.15) is 25.9 Å². The van der Waals surface area contributed by atoms with Crippen molar-refractivity contribution in [2.45, 2.75) is 25.6 Å². The van der Waals surface area contributed by atoms with Crippen molar-refractivity contribution in [2.24, 2.45) is 0 Å². The van der Waals surface area contributed by atoms with Crippen LogP contribution in [0.5, 0.6) is 0 Å². The fraction of sp³-hybridized carbons (Fsp3) is 0.368. The monoisotopic (exact) mass is 450 g/mol. The van der Waals surface area contributed by atoms with Gasteiger partial charge in [0.25, 0.3) is 5.91 Å². The van der Waals surface area contributed by atoms with Crippen molar-refractivity contribution in [3.63, 3.8) is 0 Å². The van der Waals surface area contributed by atoms with Crippen LogP contribution in [0.4, 0.5) is 9.59 Å². The van der Waals surface area contributed by atoms with Crippen LogP contribution in [0.25, 0.3) is 0 Å². The van der Waals surface area contributed by atoms with E-state index in [9.17, 15) is 33.9 Å². The van der Waals surface area contributed by atoms with E-state index in [-0.39, 0.29) is 13.2 Å². The average Bonchev–Trinajstić information content (AvgIpc) is 2.99. The number of urea groups is 1. The van der Waals surface area contributed by atoms with Gasteiger partial charge in [-0.2, -0.15) is 4.48 Å². The van der Waals surface area contributed by atoms with E-state index in [2.05, 4.69) is 16.0 Å². The summed E-state index contributed by atoms with van der Waals surface area (Å²) in [6, 6.07) is 7.78. The molecule has 13 heteroatoms. The number of rotatable bonds is 11. The lowest BCUT2D eigenvalue weighted by Gasteiger charge is -2.27. The normalized spacial score (nSPS) is 18.4. The summed E-state index contributed by atoms with van der Waals surface area (Å²) in [6.45, 7) is -1.73. The maximum absolute atomic E-state index is 12.5. The highest BCUT2D eigenvalue weighted by Gasteiger charge is 2.51. The first-order chi connectivity index (χ1) is 15.1. The molecule has 1 fully saturated rings. The number of aliphatic carboxylic acids is 2. The Morgan fingerprint density at radius 3 is 2.41 bits per heavy atom. The predicted molar refractivity (Wildman–Crippen MR) is 102 cm³/mol. The van der Waals surface area contributed by atoms with Crippen LogP contribution in [0.15, 0.2) is 30.3 Å². The third-order valence-corrected chi connectivity index (χ3v) is 4.59. The molecule has 2 unspecified atom stereocenters. The summed E-state index contributed by atoms with van der Waals surface area (Å²) < 4.78 is 3.88. The van der Waals surface area contributed by atoms with E-state index in [0.717, 1.165) is 0 Å². The number of hydrogen-bond donors (Lipinski definition) is 4. The first kappa shape index (κ1) is 24.3. The number of hydrogen-bond acceptors (Lipinski definition) is 8. The number of carbonyl (C=O) groups is 6. The topological polar surface area (TPSA) is 191 Å². The zero-order chi connectivity index (χ0) is 23.7. The molecule has 32 heavy (non-hydrogen) atoms. The molecule has 1 aromatic rings. The molecule has 4 N–H and O–H groups in total. The second-order valence-corrected chi connectivity index (χ2v) is 6.95. The average molecular weight is 450 g/mol. The maximum atomic E-state index is 12.5. The zero-order valence-corrected chi connectivity index (χ0v) is 16.9. The summed E-state index contributed by atoms with van der Waals surface area (Å²) >= 11 is 0. The van der Waals surface area contributed by atoms with Gasteiger partial charge in [0.2, 0.25) is 0 Å². The number of carboxylic acid groups (broad SMARTS) is 2. The molecule has 172 valence electrons. The molecule has 1 saturated heterocycles. The van der Waals surface area contributed by atoms with Gasteiger partial charge in [0.15, 0.2) is 6.54 Å². The lowest BCUT2D eigenvalue weighted by molar-refractivity contribution is -0.758. The van der Waals surface area contributed by atoms with Gasteiger partial charge in [-0.05, 0) is 5.56 Å². The Morgan fingerprint density at radius 2 is 1.84 bits per heavy atom. The van der Waals surface area contributed by atoms with Crippen molar-refractivity contribution in [3.05, 3.63) is 35.9 Å². The highest BCUT2D eigenvalue weighted by molar-refractivity contribution is 5.95. The Hall–Kier alpha value is -4.00. The molecule has 0 spiro atoms. The number of quaternary nitrogens is 1. The third kappa shape index (κ3) is 6.77. The number of amides is 5. The second-order valence-electron chi connectivity index (χ2n) is 6.95.